The van der Waals surface area contributed by atoms with Gasteiger partial charge in [-0.05, 0) is 48.5 Å². The van der Waals surface area contributed by atoms with E-state index in [-0.39, 0.29) is 12.4 Å². The minimum Gasteiger partial charge on any atom is -0.494 e. The molecule has 154 valence electrons. The number of ether oxygens (including phenoxy) is 1. The summed E-state index contributed by atoms with van der Waals surface area (Å²) < 4.78 is 5.49. The second-order valence-electron chi connectivity index (χ2n) is 6.57. The predicted octanol–water partition coefficient (Wildman–Crippen LogP) is 4.22. The molecule has 0 aliphatic carbocycles. The molecule has 4 rings (SSSR count). The van der Waals surface area contributed by atoms with Gasteiger partial charge in [-0.3, -0.25) is 0 Å². The summed E-state index contributed by atoms with van der Waals surface area (Å²) in [6.45, 7) is 0. The molecular weight excluding hydrogens is 404 g/mol. The fourth-order valence-electron chi connectivity index (χ4n) is 3.26. The molecule has 0 aliphatic rings. The van der Waals surface area contributed by atoms with Crippen molar-refractivity contribution in [3.05, 3.63) is 54.6 Å². The predicted molar refractivity (Wildman–Crippen MR) is 125 cm³/mol. The van der Waals surface area contributed by atoms with E-state index in [9.17, 15) is 4.79 Å². The van der Waals surface area contributed by atoms with E-state index in [1.165, 1.54) is 0 Å². The van der Waals surface area contributed by atoms with Crippen molar-refractivity contribution < 1.29 is 9.53 Å². The maximum absolute atomic E-state index is 11.1. The number of methoxy groups -OCH3 is 1. The van der Waals surface area contributed by atoms with E-state index >= 15 is 0 Å². The number of nitrogens with one attached hydrogen (secondary N) is 2. The molecule has 4 aromatic rings. The van der Waals surface area contributed by atoms with Crippen molar-refractivity contribution in [3.8, 4) is 5.75 Å². The number of aromatic nitrogens is 1. The number of carbonyl (C=O) groups excluding carboxylic acids is 1. The summed E-state index contributed by atoms with van der Waals surface area (Å²) in [6.07, 6.45) is 0. The van der Waals surface area contributed by atoms with Gasteiger partial charge in [0.15, 0.2) is 0 Å². The van der Waals surface area contributed by atoms with Crippen LogP contribution >= 0.6 is 12.4 Å². The molecule has 30 heavy (non-hydrogen) atoms. The third-order valence-electron chi connectivity index (χ3n) is 4.55. The van der Waals surface area contributed by atoms with Crippen molar-refractivity contribution in [1.29, 1.82) is 0 Å². The van der Waals surface area contributed by atoms with E-state index in [0.717, 1.165) is 27.5 Å². The number of carbonyl (C=O) groups is 1. The molecule has 0 bridgehead atoms. The van der Waals surface area contributed by atoms with Crippen LogP contribution in [0.2, 0.25) is 0 Å². The molecule has 0 saturated heterocycles. The van der Waals surface area contributed by atoms with Crippen molar-refractivity contribution in [1.82, 2.24) is 4.98 Å². The Bertz CT molecular complexity index is 1200. The van der Waals surface area contributed by atoms with Crippen LogP contribution in [0.4, 0.5) is 33.2 Å². The van der Waals surface area contributed by atoms with E-state index < -0.39 is 6.03 Å². The number of pyridine rings is 1. The van der Waals surface area contributed by atoms with E-state index in [0.29, 0.717) is 28.5 Å². The molecule has 8 N–H and O–H groups in total. The molecule has 0 aliphatic heterocycles. The lowest BCUT2D eigenvalue weighted by Gasteiger charge is -2.17. The number of primary amides is 1. The lowest BCUT2D eigenvalue weighted by atomic mass is 10.1. The topological polar surface area (TPSA) is 141 Å². The Hall–Kier alpha value is -3.91. The highest BCUT2D eigenvalue weighted by molar-refractivity contribution is 6.10. The van der Waals surface area contributed by atoms with Crippen LogP contribution in [-0.4, -0.2) is 18.1 Å². The summed E-state index contributed by atoms with van der Waals surface area (Å²) in [6, 6.07) is 15.7. The zero-order valence-corrected chi connectivity index (χ0v) is 16.9. The van der Waals surface area contributed by atoms with Crippen LogP contribution in [0.1, 0.15) is 0 Å². The maximum Gasteiger partial charge on any atom is 0.316 e. The first kappa shape index (κ1) is 20.8. The van der Waals surface area contributed by atoms with E-state index in [1.54, 1.807) is 25.3 Å². The number of rotatable bonds is 4. The lowest BCUT2D eigenvalue weighted by Crippen LogP contribution is -2.19. The molecule has 0 spiro atoms. The Morgan fingerprint density at radius 3 is 2.07 bits per heavy atom. The SMILES string of the molecule is COc1cc(NC(N)=O)ccc1Nc1c2ccc(N)cc2nc2cc(N)ccc12.Cl. The molecule has 1 heterocycles. The molecule has 0 unspecified atom stereocenters. The van der Waals surface area contributed by atoms with Gasteiger partial charge >= 0.3 is 6.03 Å². The second-order valence-corrected chi connectivity index (χ2v) is 6.57. The van der Waals surface area contributed by atoms with Crippen molar-refractivity contribution >= 4 is 68.7 Å². The van der Waals surface area contributed by atoms with Gasteiger partial charge in [0, 0.05) is 33.9 Å². The number of fused-ring (bicyclic) bond motifs is 2. The number of nitrogens with two attached hydrogens (primary N) is 3. The van der Waals surface area contributed by atoms with Crippen LogP contribution in [0.15, 0.2) is 54.6 Å². The molecular formula is C21H21ClN6O2. The zero-order chi connectivity index (χ0) is 20.5. The minimum absolute atomic E-state index is 0. The summed E-state index contributed by atoms with van der Waals surface area (Å²) in [7, 11) is 1.55. The second kappa shape index (κ2) is 8.22. The highest BCUT2D eigenvalue weighted by atomic mass is 35.5. The average Bonchev–Trinajstić information content (AvgIpc) is 2.67. The van der Waals surface area contributed by atoms with E-state index in [4.69, 9.17) is 26.9 Å². The molecule has 0 fully saturated rings. The fraction of sp³-hybridized carbons (Fsp3) is 0.0476. The molecule has 8 nitrogen and oxygen atoms in total. The monoisotopic (exact) mass is 424 g/mol. The smallest absolute Gasteiger partial charge is 0.316 e. The molecule has 1 aromatic heterocycles. The zero-order valence-electron chi connectivity index (χ0n) is 16.1. The van der Waals surface area contributed by atoms with Gasteiger partial charge in [0.1, 0.15) is 5.75 Å². The number of halogens is 1. The molecule has 3 aromatic carbocycles. The van der Waals surface area contributed by atoms with Crippen LogP contribution in [0.25, 0.3) is 21.8 Å². The van der Waals surface area contributed by atoms with Gasteiger partial charge in [0.25, 0.3) is 0 Å². The number of urea groups is 1. The van der Waals surface area contributed by atoms with Gasteiger partial charge < -0.3 is 32.6 Å². The summed E-state index contributed by atoms with van der Waals surface area (Å²) in [5, 5.41) is 7.78. The van der Waals surface area contributed by atoms with Crippen LogP contribution in [-0.2, 0) is 0 Å². The van der Waals surface area contributed by atoms with Gasteiger partial charge in [-0.2, -0.15) is 0 Å². The third kappa shape index (κ3) is 3.94. The number of amides is 2. The van der Waals surface area contributed by atoms with Crippen LogP contribution in [0, 0.1) is 0 Å². The number of hydrogen-bond acceptors (Lipinski definition) is 6. The Morgan fingerprint density at radius 2 is 1.53 bits per heavy atom. The molecule has 0 saturated carbocycles. The Balaban J connectivity index is 0.00000256. The first-order valence-corrected chi connectivity index (χ1v) is 8.84. The summed E-state index contributed by atoms with van der Waals surface area (Å²) in [4.78, 5) is 15.8. The lowest BCUT2D eigenvalue weighted by molar-refractivity contribution is 0.259. The largest absolute Gasteiger partial charge is 0.494 e. The van der Waals surface area contributed by atoms with E-state index in [2.05, 4.69) is 10.6 Å². The van der Waals surface area contributed by atoms with Crippen molar-refractivity contribution in [3.63, 3.8) is 0 Å². The highest BCUT2D eigenvalue weighted by Gasteiger charge is 2.13. The van der Waals surface area contributed by atoms with Gasteiger partial charge in [0.05, 0.1) is 29.5 Å². The van der Waals surface area contributed by atoms with Gasteiger partial charge in [0.2, 0.25) is 0 Å². The van der Waals surface area contributed by atoms with Crippen molar-refractivity contribution in [2.45, 2.75) is 0 Å². The van der Waals surface area contributed by atoms with Crippen molar-refractivity contribution in [2.24, 2.45) is 5.73 Å². The number of anilines is 5. The number of nitrogen functional groups attached to an aromatic ring is 2. The van der Waals surface area contributed by atoms with Gasteiger partial charge in [-0.1, -0.05) is 0 Å². The number of nitrogens with zero attached hydrogens (tertiary/aromatic N) is 1. The first-order valence-electron chi connectivity index (χ1n) is 8.84. The first-order chi connectivity index (χ1) is 13.9. The fourth-order valence-corrected chi connectivity index (χ4v) is 3.26. The minimum atomic E-state index is -0.644. The Labute approximate surface area is 178 Å². The summed E-state index contributed by atoms with van der Waals surface area (Å²) >= 11 is 0. The molecule has 0 atom stereocenters. The Kier molecular flexibility index (Phi) is 5.70. The highest BCUT2D eigenvalue weighted by Crippen LogP contribution is 2.37. The average molecular weight is 425 g/mol. The van der Waals surface area contributed by atoms with Crippen LogP contribution in [0.5, 0.6) is 5.75 Å². The molecule has 0 radical (unpaired) electrons. The quantitative estimate of drug-likeness (QED) is 0.245. The van der Waals surface area contributed by atoms with Crippen LogP contribution < -0.4 is 32.6 Å². The van der Waals surface area contributed by atoms with Gasteiger partial charge in [-0.25, -0.2) is 9.78 Å². The molecule has 9 heteroatoms. The van der Waals surface area contributed by atoms with Crippen molar-refractivity contribution in [2.75, 3.05) is 29.2 Å². The maximum atomic E-state index is 11.1. The normalized spacial score (nSPS) is 10.4. The standard InChI is InChI=1S/C21H20N6O2.ClH/c1-29-19-10-13(25-21(24)28)4-7-16(19)27-20-14-5-2-11(22)8-17(14)26-18-9-12(23)3-6-15(18)20;/h2-10H,22-23H2,1H3,(H,26,27)(H3,24,25,28);1H. The Morgan fingerprint density at radius 1 is 0.933 bits per heavy atom. The third-order valence-corrected chi connectivity index (χ3v) is 4.55. The number of hydrogen-bond donors (Lipinski definition) is 5. The summed E-state index contributed by atoms with van der Waals surface area (Å²) in [5.41, 5.74) is 21.9. The summed E-state index contributed by atoms with van der Waals surface area (Å²) in [5.74, 6) is 0.542. The van der Waals surface area contributed by atoms with E-state index in [1.807, 2.05) is 36.4 Å². The number of benzene rings is 3. The van der Waals surface area contributed by atoms with Gasteiger partial charge in [-0.15, -0.1) is 12.4 Å². The van der Waals surface area contributed by atoms with Crippen LogP contribution in [0.3, 0.4) is 0 Å². The molecule has 2 amide bonds.